The highest BCUT2D eigenvalue weighted by Gasteiger charge is 2.52. The van der Waals surface area contributed by atoms with Gasteiger partial charge >= 0.3 is 0 Å². The Morgan fingerprint density at radius 3 is 2.46 bits per heavy atom. The molecule has 1 N–H and O–H groups in total. The molecule has 26 heavy (non-hydrogen) atoms. The van der Waals surface area contributed by atoms with Gasteiger partial charge in [0.2, 0.25) is 5.91 Å². The first-order chi connectivity index (χ1) is 12.2. The minimum absolute atomic E-state index is 0.168. The van der Waals surface area contributed by atoms with Gasteiger partial charge in [0, 0.05) is 17.2 Å². The van der Waals surface area contributed by atoms with E-state index in [0.29, 0.717) is 23.4 Å². The van der Waals surface area contributed by atoms with Crippen molar-refractivity contribution in [2.24, 2.45) is 0 Å². The highest BCUT2D eigenvalue weighted by Crippen LogP contribution is 2.49. The van der Waals surface area contributed by atoms with E-state index in [1.165, 1.54) is 6.92 Å². The molecule has 7 nitrogen and oxygen atoms in total. The van der Waals surface area contributed by atoms with Gasteiger partial charge in [-0.2, -0.15) is 0 Å². The first-order valence-corrected chi connectivity index (χ1v) is 9.60. The van der Waals surface area contributed by atoms with E-state index in [9.17, 15) is 23.3 Å². The van der Waals surface area contributed by atoms with Crippen LogP contribution in [0.3, 0.4) is 0 Å². The molecule has 2 aromatic rings. The molecule has 0 atom stereocenters. The Hall–Kier alpha value is -2.45. The summed E-state index contributed by atoms with van der Waals surface area (Å²) in [7, 11) is -4.15. The number of nitro benzene ring substituents is 1. The normalized spacial score (nSPS) is 15.3. The Morgan fingerprint density at radius 1 is 1.23 bits per heavy atom. The van der Waals surface area contributed by atoms with Crippen LogP contribution in [0.4, 0.5) is 5.69 Å². The van der Waals surface area contributed by atoms with Gasteiger partial charge in [-0.3, -0.25) is 14.9 Å². The first-order valence-electron chi connectivity index (χ1n) is 7.74. The second-order valence-corrected chi connectivity index (χ2v) is 8.32. The van der Waals surface area contributed by atoms with Crippen molar-refractivity contribution < 1.29 is 18.1 Å². The van der Waals surface area contributed by atoms with Crippen molar-refractivity contribution in [3.05, 3.63) is 68.7 Å². The number of carbonyl (C=O) groups excluding carboxylic acids is 1. The van der Waals surface area contributed by atoms with Gasteiger partial charge in [0.05, 0.1) is 15.2 Å². The maximum absolute atomic E-state index is 12.7. The number of benzene rings is 2. The van der Waals surface area contributed by atoms with Crippen LogP contribution in [-0.2, 0) is 20.2 Å². The summed E-state index contributed by atoms with van der Waals surface area (Å²) in [6.07, 6.45) is 1.04. The van der Waals surface area contributed by atoms with Crippen LogP contribution in [0.5, 0.6) is 0 Å². The second kappa shape index (κ2) is 6.37. The summed E-state index contributed by atoms with van der Waals surface area (Å²) < 4.78 is 27.3. The van der Waals surface area contributed by atoms with E-state index in [-0.39, 0.29) is 16.1 Å². The Balaban J connectivity index is 1.88. The molecule has 136 valence electrons. The van der Waals surface area contributed by atoms with Gasteiger partial charge in [0.25, 0.3) is 15.7 Å². The molecule has 0 spiro atoms. The van der Waals surface area contributed by atoms with Crippen LogP contribution in [0.25, 0.3) is 0 Å². The zero-order valence-corrected chi connectivity index (χ0v) is 15.3. The average Bonchev–Trinajstić information content (AvgIpc) is 3.36. The maximum atomic E-state index is 12.7. The third-order valence-corrected chi connectivity index (χ3v) is 6.17. The van der Waals surface area contributed by atoms with Crippen LogP contribution in [0.2, 0.25) is 5.02 Å². The summed E-state index contributed by atoms with van der Waals surface area (Å²) in [4.78, 5) is 22.7. The number of hydrogen-bond donors (Lipinski definition) is 1. The van der Waals surface area contributed by atoms with Crippen molar-refractivity contribution in [3.8, 4) is 0 Å². The van der Waals surface area contributed by atoms with Gasteiger partial charge in [0.15, 0.2) is 0 Å². The van der Waals surface area contributed by atoms with E-state index in [1.807, 2.05) is 0 Å². The molecule has 0 saturated heterocycles. The molecular weight excluding hydrogens is 380 g/mol. The molecule has 0 aromatic heterocycles. The summed E-state index contributed by atoms with van der Waals surface area (Å²) in [5.74, 6) is -0.627. The van der Waals surface area contributed by atoms with E-state index in [4.69, 9.17) is 11.6 Å². The molecular formula is C17H15ClN2O5S. The Kier molecular flexibility index (Phi) is 4.49. The van der Waals surface area contributed by atoms with Crippen LogP contribution in [0.1, 0.15) is 24.0 Å². The van der Waals surface area contributed by atoms with Crippen molar-refractivity contribution in [3.63, 3.8) is 0 Å². The van der Waals surface area contributed by atoms with E-state index >= 15 is 0 Å². The quantitative estimate of drug-likeness (QED) is 0.619. The summed E-state index contributed by atoms with van der Waals surface area (Å²) >= 11 is 5.97. The molecule has 0 heterocycles. The monoisotopic (exact) mass is 394 g/mol. The zero-order valence-electron chi connectivity index (χ0n) is 13.7. The standard InChI is InChI=1S/C17H15ClN2O5S/c1-11-9-14(20(22)23)5-6-15(11)26(24,25)19-16(21)17(7-8-17)12-3-2-4-13(18)10-12/h2-6,9-10H,7-8H2,1H3,(H,19,21). The largest absolute Gasteiger partial charge is 0.273 e. The highest BCUT2D eigenvalue weighted by molar-refractivity contribution is 7.90. The van der Waals surface area contributed by atoms with Crippen LogP contribution in [0.15, 0.2) is 47.4 Å². The average molecular weight is 395 g/mol. The molecule has 0 aliphatic heterocycles. The fourth-order valence-corrected chi connectivity index (χ4v) is 4.35. The molecule has 0 unspecified atom stereocenters. The van der Waals surface area contributed by atoms with Crippen molar-refractivity contribution in [1.29, 1.82) is 0 Å². The lowest BCUT2D eigenvalue weighted by Gasteiger charge is -2.17. The first kappa shape index (κ1) is 18.3. The maximum Gasteiger partial charge on any atom is 0.269 e. The predicted molar refractivity (Wildman–Crippen MR) is 95.5 cm³/mol. The van der Waals surface area contributed by atoms with Crippen LogP contribution < -0.4 is 4.72 Å². The summed E-state index contributed by atoms with van der Waals surface area (Å²) in [6.45, 7) is 1.44. The molecule has 3 rings (SSSR count). The highest BCUT2D eigenvalue weighted by atomic mass is 35.5. The number of nitro groups is 1. The number of carbonyl (C=O) groups is 1. The number of nitrogens with zero attached hydrogens (tertiary/aromatic N) is 1. The number of rotatable bonds is 5. The predicted octanol–water partition coefficient (Wildman–Crippen LogP) is 3.09. The lowest BCUT2D eigenvalue weighted by Crippen LogP contribution is -2.39. The fourth-order valence-electron chi connectivity index (χ4n) is 2.88. The SMILES string of the molecule is Cc1cc([N+](=O)[O-])ccc1S(=O)(=O)NC(=O)C1(c2cccc(Cl)c2)CC1. The van der Waals surface area contributed by atoms with E-state index < -0.39 is 26.3 Å². The summed E-state index contributed by atoms with van der Waals surface area (Å²) in [5.41, 5.74) is -0.275. The van der Waals surface area contributed by atoms with Crippen molar-refractivity contribution in [2.75, 3.05) is 0 Å². The third kappa shape index (κ3) is 3.30. The van der Waals surface area contributed by atoms with Gasteiger partial charge in [-0.1, -0.05) is 23.7 Å². The number of amides is 1. The smallest absolute Gasteiger partial charge is 0.269 e. The minimum atomic E-state index is -4.15. The molecule has 1 aliphatic rings. The van der Waals surface area contributed by atoms with Crippen molar-refractivity contribution in [2.45, 2.75) is 30.1 Å². The lowest BCUT2D eigenvalue weighted by molar-refractivity contribution is -0.385. The number of hydrogen-bond acceptors (Lipinski definition) is 5. The molecule has 0 bridgehead atoms. The van der Waals surface area contributed by atoms with Crippen molar-refractivity contribution >= 4 is 33.2 Å². The van der Waals surface area contributed by atoms with E-state index in [0.717, 1.165) is 18.2 Å². The van der Waals surface area contributed by atoms with Crippen LogP contribution >= 0.6 is 11.6 Å². The van der Waals surface area contributed by atoms with Gasteiger partial charge in [-0.25, -0.2) is 13.1 Å². The molecule has 0 radical (unpaired) electrons. The van der Waals surface area contributed by atoms with Crippen molar-refractivity contribution in [1.82, 2.24) is 4.72 Å². The molecule has 1 fully saturated rings. The number of nitrogens with one attached hydrogen (secondary N) is 1. The van der Waals surface area contributed by atoms with Crippen LogP contribution in [-0.4, -0.2) is 19.2 Å². The van der Waals surface area contributed by atoms with Crippen LogP contribution in [0, 0.1) is 17.0 Å². The summed E-state index contributed by atoms with van der Waals surface area (Å²) in [6, 6.07) is 10.1. The van der Waals surface area contributed by atoms with Gasteiger partial charge < -0.3 is 0 Å². The second-order valence-electron chi connectivity index (χ2n) is 6.23. The Labute approximate surface area is 155 Å². The van der Waals surface area contributed by atoms with E-state index in [2.05, 4.69) is 4.72 Å². The number of aryl methyl sites for hydroxylation is 1. The topological polar surface area (TPSA) is 106 Å². The Bertz CT molecular complexity index is 1020. The minimum Gasteiger partial charge on any atom is -0.273 e. The number of halogens is 1. The fraction of sp³-hybridized carbons (Fsp3) is 0.235. The Morgan fingerprint density at radius 2 is 1.92 bits per heavy atom. The number of non-ortho nitro benzene ring substituents is 1. The van der Waals surface area contributed by atoms with Gasteiger partial charge in [-0.05, 0) is 49.1 Å². The van der Waals surface area contributed by atoms with Gasteiger partial charge in [-0.15, -0.1) is 0 Å². The molecule has 1 aliphatic carbocycles. The zero-order chi connectivity index (χ0) is 19.1. The molecule has 9 heteroatoms. The van der Waals surface area contributed by atoms with Gasteiger partial charge in [0.1, 0.15) is 0 Å². The molecule has 1 saturated carbocycles. The summed E-state index contributed by atoms with van der Waals surface area (Å²) in [5, 5.41) is 11.3. The number of sulfonamides is 1. The van der Waals surface area contributed by atoms with E-state index in [1.54, 1.807) is 24.3 Å². The molecule has 2 aromatic carbocycles. The molecule has 1 amide bonds. The lowest BCUT2D eigenvalue weighted by atomic mass is 9.95. The third-order valence-electron chi connectivity index (χ3n) is 4.45.